The van der Waals surface area contributed by atoms with Gasteiger partial charge in [0, 0.05) is 42.6 Å². The first-order valence-corrected chi connectivity index (χ1v) is 16.6. The summed E-state index contributed by atoms with van der Waals surface area (Å²) in [7, 11) is 0. The van der Waals surface area contributed by atoms with Crippen molar-refractivity contribution in [3.63, 3.8) is 0 Å². The zero-order valence-electron chi connectivity index (χ0n) is 26.9. The Bertz CT molecular complexity index is 1230. The molecule has 0 aromatic carbocycles. The van der Waals surface area contributed by atoms with E-state index < -0.39 is 70.9 Å². The number of aliphatic hydroxyl groups is 1. The second-order valence-electron chi connectivity index (χ2n) is 13.6. The lowest BCUT2D eigenvalue weighted by Crippen LogP contribution is -2.69. The third-order valence-corrected chi connectivity index (χ3v) is 10.7. The van der Waals surface area contributed by atoms with Gasteiger partial charge < -0.3 is 19.9 Å². The Kier molecular flexibility index (Phi) is 11.1. The summed E-state index contributed by atoms with van der Waals surface area (Å²) in [6.45, 7) is 9.23. The van der Waals surface area contributed by atoms with Crippen LogP contribution in [0.25, 0.3) is 0 Å². The van der Waals surface area contributed by atoms with Crippen LogP contribution in [-0.4, -0.2) is 65.7 Å². The lowest BCUT2D eigenvalue weighted by Gasteiger charge is -2.62. The van der Waals surface area contributed by atoms with Crippen molar-refractivity contribution in [1.29, 1.82) is 0 Å². The van der Waals surface area contributed by atoms with Crippen LogP contribution in [0, 0.1) is 22.7 Å². The molecule has 0 radical (unpaired) electrons. The fourth-order valence-electron chi connectivity index (χ4n) is 8.46. The maximum atomic E-state index is 17.6. The standard InChI is InChI=1S/C35H49F2NO7/c1-5-7-9-22(3)45-30-12-11-25-26-18-28(36)27-17-23(39)13-15-33(27,4)35(26,37)29(41)20-34(25,30)19-24(40)21-44-32(43)14-16-38-31(42)10-8-6-2/h13,15,17,25-26,28-30,41H,3,5-12,14,16,18-21H2,1-2,4H3,(H,38,42). The fraction of sp³-hybridized carbons (Fsp3) is 0.714. The summed E-state index contributed by atoms with van der Waals surface area (Å²) in [6.07, 6.45) is 4.87. The third kappa shape index (κ3) is 6.81. The van der Waals surface area contributed by atoms with Crippen LogP contribution in [0.3, 0.4) is 0 Å². The molecular weight excluding hydrogens is 584 g/mol. The SMILES string of the molecule is C=C(CCCC)OC1CCC2C3CC(F)C4=CC(=O)C=CC4(C)C3(F)C(O)CC12CC(=O)COC(=O)CCNC(=O)CCCC. The van der Waals surface area contributed by atoms with Crippen LogP contribution >= 0.6 is 0 Å². The average molecular weight is 634 g/mol. The topological polar surface area (TPSA) is 119 Å². The number of esters is 1. The first-order valence-electron chi connectivity index (χ1n) is 16.6. The van der Waals surface area contributed by atoms with E-state index in [4.69, 9.17) is 9.47 Å². The molecule has 0 spiro atoms. The van der Waals surface area contributed by atoms with Crippen LogP contribution in [0.5, 0.6) is 0 Å². The van der Waals surface area contributed by atoms with Crippen molar-refractivity contribution in [3.05, 3.63) is 36.1 Å². The molecule has 0 aromatic heterocycles. The van der Waals surface area contributed by atoms with Gasteiger partial charge in [0.05, 0.1) is 18.3 Å². The van der Waals surface area contributed by atoms with E-state index in [9.17, 15) is 24.3 Å². The number of Topliss-reactive ketones (excluding diaryl/α,β-unsaturated/α-hetero) is 1. The van der Waals surface area contributed by atoms with E-state index in [1.165, 1.54) is 12.2 Å². The van der Waals surface area contributed by atoms with Crippen molar-refractivity contribution in [1.82, 2.24) is 5.32 Å². The van der Waals surface area contributed by atoms with Crippen molar-refractivity contribution < 1.29 is 42.5 Å². The highest BCUT2D eigenvalue weighted by molar-refractivity contribution is 6.01. The number of unbranched alkanes of at least 4 members (excludes halogenated alkanes) is 2. The van der Waals surface area contributed by atoms with Gasteiger partial charge >= 0.3 is 5.97 Å². The number of carbonyl (C=O) groups excluding carboxylic acids is 4. The number of ketones is 2. The summed E-state index contributed by atoms with van der Waals surface area (Å²) in [6, 6.07) is 0. The molecule has 8 atom stereocenters. The Morgan fingerprint density at radius 1 is 1.11 bits per heavy atom. The molecule has 4 rings (SSSR count). The summed E-state index contributed by atoms with van der Waals surface area (Å²) in [5.74, 6) is -2.50. The van der Waals surface area contributed by atoms with Crippen molar-refractivity contribution in [2.45, 2.75) is 122 Å². The quantitative estimate of drug-likeness (QED) is 0.179. The first-order chi connectivity index (χ1) is 21.3. The zero-order chi connectivity index (χ0) is 33.0. The monoisotopic (exact) mass is 633 g/mol. The molecule has 3 fully saturated rings. The number of hydrogen-bond acceptors (Lipinski definition) is 7. The highest BCUT2D eigenvalue weighted by Crippen LogP contribution is 2.69. The van der Waals surface area contributed by atoms with E-state index in [0.717, 1.165) is 31.8 Å². The molecule has 0 heterocycles. The first kappa shape index (κ1) is 35.0. The van der Waals surface area contributed by atoms with E-state index in [1.807, 2.05) is 13.8 Å². The second kappa shape index (κ2) is 14.3. The van der Waals surface area contributed by atoms with Gasteiger partial charge in [0.2, 0.25) is 5.91 Å². The molecule has 250 valence electrons. The molecule has 0 bridgehead atoms. The average Bonchev–Trinajstić information content (AvgIpc) is 3.32. The van der Waals surface area contributed by atoms with E-state index >= 15 is 8.78 Å². The normalized spacial score (nSPS) is 35.0. The van der Waals surface area contributed by atoms with Gasteiger partial charge in [-0.2, -0.15) is 0 Å². The highest BCUT2D eigenvalue weighted by Gasteiger charge is 2.73. The van der Waals surface area contributed by atoms with E-state index in [1.54, 1.807) is 6.92 Å². The molecule has 8 unspecified atom stereocenters. The number of nitrogens with one attached hydrogen (secondary N) is 1. The molecule has 0 saturated heterocycles. The number of allylic oxidation sites excluding steroid dienone is 5. The summed E-state index contributed by atoms with van der Waals surface area (Å²) in [5, 5.41) is 14.4. The predicted molar refractivity (Wildman–Crippen MR) is 164 cm³/mol. The molecule has 2 N–H and O–H groups in total. The number of alkyl halides is 2. The van der Waals surface area contributed by atoms with E-state index in [0.29, 0.717) is 31.4 Å². The van der Waals surface area contributed by atoms with E-state index in [-0.39, 0.29) is 43.7 Å². The Morgan fingerprint density at radius 2 is 1.82 bits per heavy atom. The van der Waals surface area contributed by atoms with Gasteiger partial charge in [-0.3, -0.25) is 19.2 Å². The number of rotatable bonds is 15. The summed E-state index contributed by atoms with van der Waals surface area (Å²) >= 11 is 0. The van der Waals surface area contributed by atoms with Gasteiger partial charge in [-0.05, 0) is 69.1 Å². The van der Waals surface area contributed by atoms with Crippen LogP contribution in [0.4, 0.5) is 8.78 Å². The Hall–Kier alpha value is -2.88. The van der Waals surface area contributed by atoms with Gasteiger partial charge in [0.15, 0.2) is 17.2 Å². The second-order valence-corrected chi connectivity index (χ2v) is 13.6. The Labute approximate surface area is 265 Å². The molecule has 4 aliphatic carbocycles. The number of ether oxygens (including phenoxy) is 2. The predicted octanol–water partition coefficient (Wildman–Crippen LogP) is 5.57. The molecule has 8 nitrogen and oxygen atoms in total. The van der Waals surface area contributed by atoms with Gasteiger partial charge in [-0.1, -0.05) is 39.3 Å². The van der Waals surface area contributed by atoms with Crippen LogP contribution in [-0.2, 0) is 28.7 Å². The molecule has 1 amide bonds. The largest absolute Gasteiger partial charge is 0.495 e. The van der Waals surface area contributed by atoms with Crippen molar-refractivity contribution >= 4 is 23.4 Å². The number of amides is 1. The van der Waals surface area contributed by atoms with Gasteiger partial charge in [-0.15, -0.1) is 0 Å². The number of fused-ring (bicyclic) bond motifs is 5. The molecule has 3 saturated carbocycles. The number of hydrogen-bond donors (Lipinski definition) is 2. The van der Waals surface area contributed by atoms with Crippen molar-refractivity contribution in [2.75, 3.05) is 13.2 Å². The third-order valence-electron chi connectivity index (χ3n) is 10.7. The summed E-state index contributed by atoms with van der Waals surface area (Å²) < 4.78 is 45.0. The number of aliphatic hydroxyl groups excluding tert-OH is 1. The molecule has 0 aromatic rings. The summed E-state index contributed by atoms with van der Waals surface area (Å²) in [4.78, 5) is 49.7. The Balaban J connectivity index is 1.54. The van der Waals surface area contributed by atoms with Crippen LogP contribution in [0.1, 0.15) is 97.8 Å². The van der Waals surface area contributed by atoms with E-state index in [2.05, 4.69) is 11.9 Å². The number of halogens is 2. The van der Waals surface area contributed by atoms with Gasteiger partial charge in [0.1, 0.15) is 18.9 Å². The smallest absolute Gasteiger partial charge is 0.308 e. The molecule has 4 aliphatic rings. The summed E-state index contributed by atoms with van der Waals surface area (Å²) in [5.41, 5.74) is -4.78. The molecule has 0 aliphatic heterocycles. The van der Waals surface area contributed by atoms with Crippen LogP contribution in [0.2, 0.25) is 0 Å². The minimum atomic E-state index is -2.27. The molecule has 10 heteroatoms. The number of carbonyl (C=O) groups is 4. The fourth-order valence-corrected chi connectivity index (χ4v) is 8.46. The van der Waals surface area contributed by atoms with Gasteiger partial charge in [-0.25, -0.2) is 8.78 Å². The highest BCUT2D eigenvalue weighted by atomic mass is 19.1. The maximum absolute atomic E-state index is 17.6. The van der Waals surface area contributed by atoms with Gasteiger partial charge in [0.25, 0.3) is 0 Å². The van der Waals surface area contributed by atoms with Crippen LogP contribution in [0.15, 0.2) is 36.1 Å². The maximum Gasteiger partial charge on any atom is 0.308 e. The minimum Gasteiger partial charge on any atom is -0.495 e. The molecular formula is C35H49F2NO7. The lowest BCUT2D eigenvalue weighted by molar-refractivity contribution is -0.214. The molecule has 45 heavy (non-hydrogen) atoms. The Morgan fingerprint density at radius 3 is 2.53 bits per heavy atom. The van der Waals surface area contributed by atoms with Crippen LogP contribution < -0.4 is 5.32 Å². The zero-order valence-corrected chi connectivity index (χ0v) is 26.9. The van der Waals surface area contributed by atoms with Crippen molar-refractivity contribution in [2.24, 2.45) is 22.7 Å². The lowest BCUT2D eigenvalue weighted by atomic mass is 9.44. The minimum absolute atomic E-state index is 0.0450. The van der Waals surface area contributed by atoms with Crippen molar-refractivity contribution in [3.8, 4) is 0 Å².